The lowest BCUT2D eigenvalue weighted by Crippen LogP contribution is -2.31. The highest BCUT2D eigenvalue weighted by molar-refractivity contribution is 6.33. The third-order valence-corrected chi connectivity index (χ3v) is 4.97. The zero-order valence-corrected chi connectivity index (χ0v) is 15.6. The van der Waals surface area contributed by atoms with Crippen molar-refractivity contribution >= 4 is 29.1 Å². The van der Waals surface area contributed by atoms with Crippen molar-refractivity contribution in [3.8, 4) is 0 Å². The Morgan fingerprint density at radius 3 is 2.73 bits per heavy atom. The van der Waals surface area contributed by atoms with Crippen LogP contribution < -0.4 is 10.2 Å². The number of benzene rings is 2. The lowest BCUT2D eigenvalue weighted by molar-refractivity contribution is 0.715. The minimum atomic E-state index is 0.454. The van der Waals surface area contributed by atoms with Gasteiger partial charge in [-0.05, 0) is 48.6 Å². The predicted molar refractivity (Wildman–Crippen MR) is 105 cm³/mol. The maximum absolute atomic E-state index is 6.38. The fourth-order valence-electron chi connectivity index (χ4n) is 3.38. The first-order chi connectivity index (χ1) is 12.6. The summed E-state index contributed by atoms with van der Waals surface area (Å²) in [6.07, 6.45) is 2.72. The lowest BCUT2D eigenvalue weighted by Gasteiger charge is -2.29. The number of halogens is 1. The molecule has 1 aromatic heterocycles. The highest BCUT2D eigenvalue weighted by Crippen LogP contribution is 2.30. The second kappa shape index (κ2) is 6.92. The third kappa shape index (κ3) is 3.35. The summed E-state index contributed by atoms with van der Waals surface area (Å²) < 4.78 is 0. The summed E-state index contributed by atoms with van der Waals surface area (Å²) in [5, 5.41) is 12.1. The molecule has 1 aliphatic rings. The number of aryl methyl sites for hydroxylation is 2. The van der Waals surface area contributed by atoms with Gasteiger partial charge < -0.3 is 10.2 Å². The van der Waals surface area contributed by atoms with Crippen molar-refractivity contribution in [2.75, 3.05) is 16.8 Å². The number of rotatable bonds is 3. The highest BCUT2D eigenvalue weighted by Gasteiger charge is 2.18. The average molecular weight is 366 g/mol. The molecule has 6 heteroatoms. The number of fused-ring (bicyclic) bond motifs is 1. The Balaban J connectivity index is 1.58. The van der Waals surface area contributed by atoms with Gasteiger partial charge in [-0.1, -0.05) is 41.9 Å². The van der Waals surface area contributed by atoms with Gasteiger partial charge in [0, 0.05) is 13.1 Å². The van der Waals surface area contributed by atoms with Gasteiger partial charge in [0.15, 0.2) is 5.82 Å². The smallest absolute Gasteiger partial charge is 0.249 e. The Labute approximate surface area is 158 Å². The van der Waals surface area contributed by atoms with Crippen LogP contribution in [0.3, 0.4) is 0 Å². The van der Waals surface area contributed by atoms with E-state index in [-0.39, 0.29) is 0 Å². The number of hydrogen-bond donors (Lipinski definition) is 1. The Morgan fingerprint density at radius 2 is 1.92 bits per heavy atom. The molecular weight excluding hydrogens is 346 g/mol. The Morgan fingerprint density at radius 1 is 1.12 bits per heavy atom. The van der Waals surface area contributed by atoms with E-state index in [2.05, 4.69) is 55.7 Å². The Bertz CT molecular complexity index is 933. The second-order valence-corrected chi connectivity index (χ2v) is 7.05. The van der Waals surface area contributed by atoms with Gasteiger partial charge in [0.25, 0.3) is 0 Å². The first-order valence-corrected chi connectivity index (χ1v) is 9.03. The molecule has 1 aliphatic heterocycles. The van der Waals surface area contributed by atoms with Crippen molar-refractivity contribution < 1.29 is 0 Å². The molecule has 0 spiro atoms. The number of nitrogens with one attached hydrogen (secondary N) is 1. The fraction of sp³-hybridized carbons (Fsp3) is 0.250. The largest absolute Gasteiger partial charge is 0.350 e. The quantitative estimate of drug-likeness (QED) is 0.743. The van der Waals surface area contributed by atoms with Crippen LogP contribution in [0.15, 0.2) is 42.6 Å². The molecule has 0 radical (unpaired) electrons. The molecule has 2 aromatic carbocycles. The standard InChI is InChI=1S/C20H20ClN5/c1-13-9-14(2)19(17(21)10-13)24-20-23-18(11-22-25-20)26-8-7-15-5-3-4-6-16(15)12-26/h3-6,9-11H,7-8,12H2,1-2H3,(H,23,24,25). The Hall–Kier alpha value is -2.66. The van der Waals surface area contributed by atoms with Gasteiger partial charge in [-0.3, -0.25) is 0 Å². The van der Waals surface area contributed by atoms with Crippen LogP contribution in [0.5, 0.6) is 0 Å². The third-order valence-electron chi connectivity index (χ3n) is 4.67. The summed E-state index contributed by atoms with van der Waals surface area (Å²) in [7, 11) is 0. The molecule has 5 nitrogen and oxygen atoms in total. The van der Waals surface area contributed by atoms with Crippen molar-refractivity contribution in [2.45, 2.75) is 26.8 Å². The maximum atomic E-state index is 6.38. The lowest BCUT2D eigenvalue weighted by atomic mass is 10.0. The van der Waals surface area contributed by atoms with Crippen LogP contribution in [0.1, 0.15) is 22.3 Å². The molecule has 0 saturated carbocycles. The normalized spacial score (nSPS) is 13.4. The molecule has 26 heavy (non-hydrogen) atoms. The van der Waals surface area contributed by atoms with E-state index in [1.165, 1.54) is 11.1 Å². The van der Waals surface area contributed by atoms with Crippen LogP contribution in [0.25, 0.3) is 0 Å². The van der Waals surface area contributed by atoms with E-state index >= 15 is 0 Å². The fourth-order valence-corrected chi connectivity index (χ4v) is 3.75. The zero-order chi connectivity index (χ0) is 18.1. The topological polar surface area (TPSA) is 53.9 Å². The zero-order valence-electron chi connectivity index (χ0n) is 14.8. The van der Waals surface area contributed by atoms with Crippen molar-refractivity contribution in [3.05, 3.63) is 69.9 Å². The van der Waals surface area contributed by atoms with Crippen molar-refractivity contribution in [1.82, 2.24) is 15.2 Å². The minimum absolute atomic E-state index is 0.454. The van der Waals surface area contributed by atoms with Crippen LogP contribution in [-0.4, -0.2) is 21.7 Å². The van der Waals surface area contributed by atoms with Gasteiger partial charge in [-0.15, -0.1) is 5.10 Å². The monoisotopic (exact) mass is 365 g/mol. The molecule has 132 valence electrons. The molecular formula is C20H20ClN5. The van der Waals surface area contributed by atoms with Crippen LogP contribution in [-0.2, 0) is 13.0 Å². The van der Waals surface area contributed by atoms with Crippen molar-refractivity contribution in [3.63, 3.8) is 0 Å². The molecule has 0 unspecified atom stereocenters. The summed E-state index contributed by atoms with van der Waals surface area (Å²) in [5.41, 5.74) is 5.74. The van der Waals surface area contributed by atoms with Gasteiger partial charge in [0.1, 0.15) is 0 Å². The van der Waals surface area contributed by atoms with Gasteiger partial charge >= 0.3 is 0 Å². The van der Waals surface area contributed by atoms with E-state index in [9.17, 15) is 0 Å². The van der Waals surface area contributed by atoms with E-state index in [0.717, 1.165) is 42.1 Å². The van der Waals surface area contributed by atoms with Crippen LogP contribution >= 0.6 is 11.6 Å². The molecule has 2 heterocycles. The molecule has 0 atom stereocenters. The SMILES string of the molecule is Cc1cc(C)c(Nc2nncc(N3CCc4ccccc4C3)n2)c(Cl)c1. The first kappa shape index (κ1) is 16.8. The molecule has 0 bridgehead atoms. The number of nitrogens with zero attached hydrogens (tertiary/aromatic N) is 4. The van der Waals surface area contributed by atoms with Gasteiger partial charge in [-0.2, -0.15) is 10.1 Å². The summed E-state index contributed by atoms with van der Waals surface area (Å²) in [5.74, 6) is 1.27. The molecule has 3 aromatic rings. The summed E-state index contributed by atoms with van der Waals surface area (Å²) in [6, 6.07) is 12.5. The molecule has 0 saturated heterocycles. The summed E-state index contributed by atoms with van der Waals surface area (Å²) >= 11 is 6.38. The number of anilines is 3. The second-order valence-electron chi connectivity index (χ2n) is 6.64. The molecule has 0 amide bonds. The summed E-state index contributed by atoms with van der Waals surface area (Å²) in [4.78, 5) is 6.88. The maximum Gasteiger partial charge on any atom is 0.249 e. The summed E-state index contributed by atoms with van der Waals surface area (Å²) in [6.45, 7) is 5.79. The molecule has 4 rings (SSSR count). The van der Waals surface area contributed by atoms with E-state index in [4.69, 9.17) is 11.6 Å². The molecule has 0 fully saturated rings. The number of hydrogen-bond acceptors (Lipinski definition) is 5. The van der Waals surface area contributed by atoms with E-state index in [1.807, 2.05) is 19.9 Å². The van der Waals surface area contributed by atoms with Gasteiger partial charge in [0.05, 0.1) is 16.9 Å². The van der Waals surface area contributed by atoms with Gasteiger partial charge in [-0.25, -0.2) is 0 Å². The van der Waals surface area contributed by atoms with Crippen molar-refractivity contribution in [2.24, 2.45) is 0 Å². The van der Waals surface area contributed by atoms with E-state index in [1.54, 1.807) is 6.20 Å². The number of aromatic nitrogens is 3. The highest BCUT2D eigenvalue weighted by atomic mass is 35.5. The molecule has 1 N–H and O–H groups in total. The van der Waals surface area contributed by atoms with Crippen LogP contribution in [0, 0.1) is 13.8 Å². The van der Waals surface area contributed by atoms with Gasteiger partial charge in [0.2, 0.25) is 5.95 Å². The average Bonchev–Trinajstić information content (AvgIpc) is 2.64. The predicted octanol–water partition coefficient (Wildman–Crippen LogP) is 4.45. The first-order valence-electron chi connectivity index (χ1n) is 8.65. The van der Waals surface area contributed by atoms with E-state index in [0.29, 0.717) is 11.0 Å². The van der Waals surface area contributed by atoms with Crippen molar-refractivity contribution in [1.29, 1.82) is 0 Å². The minimum Gasteiger partial charge on any atom is -0.350 e. The van der Waals surface area contributed by atoms with E-state index < -0.39 is 0 Å². The molecule has 0 aliphatic carbocycles. The Kier molecular flexibility index (Phi) is 4.47. The van der Waals surface area contributed by atoms with Crippen LogP contribution in [0.4, 0.5) is 17.5 Å². The van der Waals surface area contributed by atoms with Crippen LogP contribution in [0.2, 0.25) is 5.02 Å².